The summed E-state index contributed by atoms with van der Waals surface area (Å²) in [7, 11) is 0. The fourth-order valence-corrected chi connectivity index (χ4v) is 9.86. The second-order valence-electron chi connectivity index (χ2n) is 24.4. The monoisotopic (exact) mass is 1530 g/mol. The summed E-state index contributed by atoms with van der Waals surface area (Å²) in [5, 5.41) is 68.2. The van der Waals surface area contributed by atoms with Gasteiger partial charge in [0.05, 0.1) is 67.8 Å². The number of nitrogens with zero attached hydrogens (tertiary/aromatic N) is 6. The Hall–Kier alpha value is -11.6. The number of aliphatic hydroxyl groups excluding tert-OH is 1. The van der Waals surface area contributed by atoms with Crippen molar-refractivity contribution in [2.75, 3.05) is 46.8 Å². The summed E-state index contributed by atoms with van der Waals surface area (Å²) in [6.07, 6.45) is -0.661. The third-order valence-corrected chi connectivity index (χ3v) is 16.9. The predicted molar refractivity (Wildman–Crippen MR) is 389 cm³/mol. The zero-order valence-electron chi connectivity index (χ0n) is 57.7. The van der Waals surface area contributed by atoms with Crippen LogP contribution in [0.1, 0.15) is 117 Å². The minimum atomic E-state index is -1.50. The maximum absolute atomic E-state index is 12.9. The number of aromatic amines is 2. The zero-order valence-corrected chi connectivity index (χ0v) is 59.5. The molecule has 6 aromatic rings. The second kappa shape index (κ2) is 42.4. The lowest BCUT2D eigenvalue weighted by molar-refractivity contribution is -0.144. The number of carboxylic acid groups (broad SMARTS) is 4. The van der Waals surface area contributed by atoms with E-state index in [-0.39, 0.29) is 121 Å². The highest BCUT2D eigenvalue weighted by molar-refractivity contribution is 7.80. The number of hydrogen-bond acceptors (Lipinski definition) is 30. The number of benzene rings is 2. The number of aliphatic hydroxyl groups is 1. The van der Waals surface area contributed by atoms with Crippen molar-refractivity contribution in [1.82, 2.24) is 71.8 Å². The van der Waals surface area contributed by atoms with Crippen LogP contribution in [-0.2, 0) is 65.8 Å². The number of carbonyl (C=O) groups excluding carboxylic acids is 9. The number of nitrogen functional groups attached to an aromatic ring is 2. The zero-order chi connectivity index (χ0) is 79.2. The largest absolute Gasteiger partial charge is 0.481 e. The topological polar surface area (TPSA) is 666 Å². The normalized spacial score (nSPS) is 13.5. The molecular weight excluding hydrogens is 1440 g/mol. The van der Waals surface area contributed by atoms with Gasteiger partial charge in [-0.2, -0.15) is 35.2 Å². The van der Waals surface area contributed by atoms with Crippen LogP contribution in [0.5, 0.6) is 0 Å². The first-order chi connectivity index (χ1) is 50.7. The second-order valence-corrected chi connectivity index (χ2v) is 25.2. The smallest absolute Gasteiger partial charge is 0.326 e. The summed E-state index contributed by atoms with van der Waals surface area (Å²) in [6.45, 7) is 2.70. The molecule has 4 heterocycles. The molecule has 6 rings (SSSR count). The summed E-state index contributed by atoms with van der Waals surface area (Å²) in [6, 6.07) is 4.67. The van der Waals surface area contributed by atoms with Crippen LogP contribution in [0.3, 0.4) is 0 Å². The average Bonchev–Trinajstić information content (AvgIpc) is 0.815. The molecule has 2 aromatic carbocycles. The van der Waals surface area contributed by atoms with Crippen molar-refractivity contribution in [3.8, 4) is 0 Å². The lowest BCUT2D eigenvalue weighted by atomic mass is 9.94. The molecule has 0 radical (unpaired) electrons. The fraction of sp³-hybridized carbons (Fsp3) is 0.431. The number of nitrogens with two attached hydrogens (primary N) is 4. The molecule has 0 bridgehead atoms. The Labute approximate surface area is 618 Å². The molecule has 107 heavy (non-hydrogen) atoms. The maximum Gasteiger partial charge on any atom is 0.326 e. The van der Waals surface area contributed by atoms with E-state index in [2.05, 4.69) is 108 Å². The van der Waals surface area contributed by atoms with E-state index in [4.69, 9.17) is 28.0 Å². The molecule has 576 valence electrons. The van der Waals surface area contributed by atoms with Crippen molar-refractivity contribution in [2.45, 2.75) is 140 Å². The molecule has 40 nitrogen and oxygen atoms in total. The number of thiol groups is 2. The standard InChI is InChI=1S/C35H45N11O12S.C30H39N9O8S/c1-16(15-59)41-31(53)24(11-26(49)50)44-30(52)22(36)14-39-25(48)9-4-18(33(55)56)10-21(47)7-8-23(34(57)58)43-29(51)17-2-5-19(6-3-17)38-12-20-13-40-28-27(42-20)32(54)46-35(37)45-28;1-15(14-48)35-27(44)17(13-40)10-23(42)21(31)8-6-20(41)7-9-22(29(46)47)37-26(43)16-2-4-18(5-3-16)33-11-19-12-34-25-24(36-19)28(45)39-30(32)38-25/h2-3,5-6,13,16,18,22-24,38,59H,4,7-12,14-15,36H2,1H3,(H,39,48)(H,41,53)(H,43,51)(H,44,52)(H,49,50)(H,55,56)(H,57,58)(H3,37,40,45,46,54);2-5,12,15,17,21-22,33,40,48H,6-11,13-14,31H2,1H3,(H,35,44)(H,37,43)(H,46,47)(H3,32,34,38,39,45)/t16-,18+,22+,23+,24+;15-,17+,21+,22+/m11/s1. The van der Waals surface area contributed by atoms with Crippen molar-refractivity contribution in [3.05, 3.63) is 104 Å². The van der Waals surface area contributed by atoms with Gasteiger partial charge in [-0.15, -0.1) is 0 Å². The quantitative estimate of drug-likeness (QED) is 0.0179. The number of rotatable bonds is 43. The SMILES string of the molecule is C[C@H](CS)NC(=O)[C@H](CC(=O)O)NC(=O)[C@@H](N)CNC(=O)CC[C@@H](CC(=O)CC[C@H](NC(=O)c1ccc(NCc2cnc3nc(N)[nH]c(=O)c3n2)cc1)C(=O)O)C(=O)O.C[C@H](CS)NC(=O)[C@H](CO)CC(=O)[C@@H](N)CCC(=O)CC[C@H](NC(=O)c1ccc(NCc2cnc3nc(N)[nH]c(=O)c3n2)cc1)C(=O)O. The van der Waals surface area contributed by atoms with E-state index in [0.717, 1.165) is 0 Å². The average molecular weight is 1530 g/mol. The van der Waals surface area contributed by atoms with E-state index in [1.807, 2.05) is 0 Å². The molecule has 0 saturated heterocycles. The van der Waals surface area contributed by atoms with Crippen LogP contribution >= 0.6 is 25.3 Å². The lowest BCUT2D eigenvalue weighted by Gasteiger charge is -2.21. The Morgan fingerprint density at radius 2 is 0.963 bits per heavy atom. The van der Waals surface area contributed by atoms with Gasteiger partial charge in [-0.1, -0.05) is 0 Å². The molecule has 0 aliphatic rings. The van der Waals surface area contributed by atoms with Crippen molar-refractivity contribution in [2.24, 2.45) is 23.3 Å². The van der Waals surface area contributed by atoms with Crippen molar-refractivity contribution >= 4 is 148 Å². The highest BCUT2D eigenvalue weighted by Crippen LogP contribution is 2.19. The van der Waals surface area contributed by atoms with Crippen LogP contribution in [-0.4, -0.2) is 209 Å². The number of carbonyl (C=O) groups is 13. The number of fused-ring (bicyclic) bond motifs is 2. The number of Topliss-reactive ketones (excluding diaryl/α,β-unsaturated/α-hetero) is 3. The van der Waals surface area contributed by atoms with E-state index < -0.39 is 169 Å². The third kappa shape index (κ3) is 28.7. The molecule has 0 unspecified atom stereocenters. The summed E-state index contributed by atoms with van der Waals surface area (Å²) in [4.78, 5) is 213. The van der Waals surface area contributed by atoms with E-state index in [1.165, 1.54) is 36.7 Å². The van der Waals surface area contributed by atoms with Gasteiger partial charge in [-0.05, 0) is 88.1 Å². The van der Waals surface area contributed by atoms with Crippen molar-refractivity contribution in [3.63, 3.8) is 0 Å². The Kier molecular flexibility index (Phi) is 34.0. The van der Waals surface area contributed by atoms with Crippen molar-refractivity contribution < 1.29 is 87.9 Å². The molecule has 0 spiro atoms. The Bertz CT molecular complexity index is 4320. The first-order valence-electron chi connectivity index (χ1n) is 33.0. The van der Waals surface area contributed by atoms with Gasteiger partial charge in [0.15, 0.2) is 22.3 Å². The number of anilines is 4. The van der Waals surface area contributed by atoms with Gasteiger partial charge in [0.2, 0.25) is 35.5 Å². The van der Waals surface area contributed by atoms with E-state index in [1.54, 1.807) is 38.1 Å². The molecule has 0 saturated carbocycles. The Morgan fingerprint density at radius 3 is 1.40 bits per heavy atom. The first kappa shape index (κ1) is 86.0. The first-order valence-corrected chi connectivity index (χ1v) is 34.2. The molecule has 4 aromatic heterocycles. The number of ketones is 3. The summed E-state index contributed by atoms with van der Waals surface area (Å²) in [5.41, 5.74) is 24.2. The number of H-pyrrole nitrogens is 2. The molecular formula is C65H84N20O20S2. The van der Waals surface area contributed by atoms with Gasteiger partial charge in [0, 0.05) is 91.2 Å². The summed E-state index contributed by atoms with van der Waals surface area (Å²) in [5.74, 6) is -13.1. The van der Waals surface area contributed by atoms with Gasteiger partial charge in [0.1, 0.15) is 41.5 Å². The van der Waals surface area contributed by atoms with Crippen LogP contribution in [0.25, 0.3) is 22.3 Å². The number of hydrogen-bond donors (Lipinski definition) is 21. The lowest BCUT2D eigenvalue weighted by Crippen LogP contribution is -2.55. The molecule has 23 N–H and O–H groups in total. The molecule has 9 atom stereocenters. The summed E-state index contributed by atoms with van der Waals surface area (Å²) < 4.78 is 0. The van der Waals surface area contributed by atoms with Crippen LogP contribution in [0.2, 0.25) is 0 Å². The van der Waals surface area contributed by atoms with E-state index >= 15 is 0 Å². The van der Waals surface area contributed by atoms with Crippen LogP contribution in [0, 0.1) is 11.8 Å². The van der Waals surface area contributed by atoms with Gasteiger partial charge < -0.3 is 91.0 Å². The Balaban J connectivity index is 0.000000392. The van der Waals surface area contributed by atoms with E-state index in [0.29, 0.717) is 28.5 Å². The van der Waals surface area contributed by atoms with Gasteiger partial charge in [-0.3, -0.25) is 72.3 Å². The molecule has 6 amide bonds. The molecule has 0 aliphatic heterocycles. The highest BCUT2D eigenvalue weighted by Gasteiger charge is 2.31. The molecule has 0 fully saturated rings. The van der Waals surface area contributed by atoms with Crippen LogP contribution in [0.15, 0.2) is 70.5 Å². The number of aliphatic carboxylic acids is 4. The van der Waals surface area contributed by atoms with Gasteiger partial charge in [-0.25, -0.2) is 29.5 Å². The number of carboxylic acids is 4. The Morgan fingerprint density at radius 1 is 0.505 bits per heavy atom. The summed E-state index contributed by atoms with van der Waals surface area (Å²) >= 11 is 8.11. The molecule has 0 aliphatic carbocycles. The highest BCUT2D eigenvalue weighted by atomic mass is 32.1. The number of nitrogens with one attached hydrogen (secondary N) is 10. The van der Waals surface area contributed by atoms with Gasteiger partial charge >= 0.3 is 23.9 Å². The molecule has 42 heteroatoms. The van der Waals surface area contributed by atoms with E-state index in [9.17, 15) is 92.3 Å². The minimum Gasteiger partial charge on any atom is -0.481 e. The maximum atomic E-state index is 12.9. The minimum absolute atomic E-state index is 0.00281. The fourth-order valence-electron chi connectivity index (χ4n) is 9.68. The van der Waals surface area contributed by atoms with Crippen LogP contribution in [0.4, 0.5) is 23.3 Å². The third-order valence-electron chi connectivity index (χ3n) is 15.8. The van der Waals surface area contributed by atoms with Gasteiger partial charge in [0.25, 0.3) is 22.9 Å². The van der Waals surface area contributed by atoms with Crippen LogP contribution < -0.4 is 76.6 Å². The van der Waals surface area contributed by atoms with Crippen molar-refractivity contribution in [1.29, 1.82) is 0 Å². The number of aromatic nitrogens is 8. The predicted octanol–water partition coefficient (Wildman–Crippen LogP) is -2.30. The number of amides is 6.